The average Bonchev–Trinajstić information content (AvgIpc) is 3.79. The van der Waals surface area contributed by atoms with Crippen LogP contribution in [0.1, 0.15) is 0 Å². The molecule has 0 saturated heterocycles. The van der Waals surface area contributed by atoms with E-state index < -0.39 is 0 Å². The largest absolute Gasteiger partial charge is 0.438 e. The molecule has 0 radical (unpaired) electrons. The molecule has 3 aromatic heterocycles. The number of fused-ring (bicyclic) bond motifs is 7. The molecule has 11 rings (SSSR count). The van der Waals surface area contributed by atoms with Gasteiger partial charge in [-0.25, -0.2) is 9.37 Å². The van der Waals surface area contributed by atoms with Gasteiger partial charge < -0.3 is 8.98 Å². The number of furan rings is 1. The molecule has 0 spiro atoms. The molecule has 0 aliphatic carbocycles. The van der Waals surface area contributed by atoms with Crippen molar-refractivity contribution in [2.45, 2.75) is 0 Å². The second kappa shape index (κ2) is 12.4. The van der Waals surface area contributed by atoms with Crippen LogP contribution in [-0.2, 0) is 0 Å². The Hall–Kier alpha value is -7.37. The van der Waals surface area contributed by atoms with Crippen LogP contribution in [0.3, 0.4) is 0 Å². The van der Waals surface area contributed by atoms with Crippen LogP contribution in [0, 0.1) is 5.82 Å². The summed E-state index contributed by atoms with van der Waals surface area (Å²) in [6.45, 7) is 0. The Labute approximate surface area is 315 Å². The van der Waals surface area contributed by atoms with Crippen molar-refractivity contribution >= 4 is 54.6 Å². The fourth-order valence-corrected chi connectivity index (χ4v) is 8.23. The highest BCUT2D eigenvalue weighted by Gasteiger charge is 2.20. The zero-order chi connectivity index (χ0) is 36.5. The Balaban J connectivity index is 1.07. The zero-order valence-electron chi connectivity index (χ0n) is 29.4. The highest BCUT2D eigenvalue weighted by atomic mass is 19.1. The molecule has 0 atom stereocenters. The van der Waals surface area contributed by atoms with Crippen LogP contribution in [0.4, 0.5) is 4.39 Å². The molecule has 5 heteroatoms. The van der Waals surface area contributed by atoms with Gasteiger partial charge in [-0.2, -0.15) is 4.98 Å². The number of nitrogens with zero attached hydrogens (tertiary/aromatic N) is 3. The standard InChI is InChI=1S/C50H30FN3O/c51-36-15-7-13-34(29-36)39-21-10-12-32-11-9-20-38(46(32)39)31-25-27-33(28-26-31)48-47-42-19-3-6-24-45(42)55-50(47)53-49(52-48)35-14-8-16-37(30-35)54-43-22-4-1-17-40(43)41-18-2-5-23-44(41)54/h1-30H. The summed E-state index contributed by atoms with van der Waals surface area (Å²) >= 11 is 0. The van der Waals surface area contributed by atoms with Crippen molar-refractivity contribution < 1.29 is 8.81 Å². The third-order valence-electron chi connectivity index (χ3n) is 10.7. The van der Waals surface area contributed by atoms with Crippen LogP contribution >= 0.6 is 0 Å². The highest BCUT2D eigenvalue weighted by Crippen LogP contribution is 2.40. The van der Waals surface area contributed by atoms with Crippen LogP contribution in [0.25, 0.3) is 105 Å². The molecular weight excluding hydrogens is 678 g/mol. The molecule has 258 valence electrons. The quantitative estimate of drug-likeness (QED) is 0.179. The topological polar surface area (TPSA) is 43.9 Å². The van der Waals surface area contributed by atoms with Gasteiger partial charge in [-0.3, -0.25) is 0 Å². The number of halogens is 1. The summed E-state index contributed by atoms with van der Waals surface area (Å²) < 4.78 is 23.1. The van der Waals surface area contributed by atoms with Crippen molar-refractivity contribution in [2.24, 2.45) is 0 Å². The van der Waals surface area contributed by atoms with Crippen LogP contribution in [0.15, 0.2) is 186 Å². The SMILES string of the molecule is Fc1cccc(-c2cccc3cccc(-c4ccc(-c5nc(-c6cccc(-n7c8ccccc8c8ccccc87)c6)nc6oc7ccccc7c56)cc4)c23)c1. The summed E-state index contributed by atoms with van der Waals surface area (Å²) in [4.78, 5) is 10.4. The Kier molecular flexibility index (Phi) is 7.01. The summed E-state index contributed by atoms with van der Waals surface area (Å²) in [5, 5.41) is 6.45. The van der Waals surface area contributed by atoms with Gasteiger partial charge in [0.2, 0.25) is 5.71 Å². The highest BCUT2D eigenvalue weighted by molar-refractivity contribution is 6.12. The van der Waals surface area contributed by atoms with Crippen molar-refractivity contribution in [1.29, 1.82) is 0 Å². The molecule has 3 heterocycles. The maximum Gasteiger partial charge on any atom is 0.231 e. The summed E-state index contributed by atoms with van der Waals surface area (Å²) in [6, 6.07) is 61.4. The van der Waals surface area contributed by atoms with Gasteiger partial charge in [-0.1, -0.05) is 140 Å². The van der Waals surface area contributed by atoms with Gasteiger partial charge in [0.25, 0.3) is 0 Å². The molecule has 0 saturated carbocycles. The molecule has 55 heavy (non-hydrogen) atoms. The van der Waals surface area contributed by atoms with Crippen molar-refractivity contribution in [1.82, 2.24) is 14.5 Å². The van der Waals surface area contributed by atoms with Crippen molar-refractivity contribution in [3.05, 3.63) is 188 Å². The van der Waals surface area contributed by atoms with E-state index in [0.717, 1.165) is 82.9 Å². The Morgan fingerprint density at radius 2 is 1.07 bits per heavy atom. The number of hydrogen-bond acceptors (Lipinski definition) is 3. The molecule has 0 aliphatic rings. The van der Waals surface area contributed by atoms with Crippen LogP contribution in [0.2, 0.25) is 0 Å². The number of para-hydroxylation sites is 3. The van der Waals surface area contributed by atoms with E-state index in [9.17, 15) is 4.39 Å². The van der Waals surface area contributed by atoms with Crippen LogP contribution < -0.4 is 0 Å². The maximum absolute atomic E-state index is 14.4. The van der Waals surface area contributed by atoms with E-state index in [4.69, 9.17) is 14.4 Å². The number of aromatic nitrogens is 3. The molecular formula is C50H30FN3O. The van der Waals surface area contributed by atoms with E-state index in [-0.39, 0.29) is 5.82 Å². The average molecular weight is 708 g/mol. The second-order valence-electron chi connectivity index (χ2n) is 13.9. The van der Waals surface area contributed by atoms with Crippen LogP contribution in [0.5, 0.6) is 0 Å². The lowest BCUT2D eigenvalue weighted by atomic mass is 9.91. The van der Waals surface area contributed by atoms with Crippen molar-refractivity contribution in [3.63, 3.8) is 0 Å². The van der Waals surface area contributed by atoms with E-state index >= 15 is 0 Å². The molecule has 11 aromatic rings. The molecule has 0 bridgehead atoms. The number of rotatable bonds is 5. The fourth-order valence-electron chi connectivity index (χ4n) is 8.23. The predicted octanol–water partition coefficient (Wildman–Crippen LogP) is 13.4. The first-order valence-electron chi connectivity index (χ1n) is 18.3. The molecule has 0 fully saturated rings. The minimum Gasteiger partial charge on any atom is -0.438 e. The van der Waals surface area contributed by atoms with E-state index in [1.165, 1.54) is 16.8 Å². The van der Waals surface area contributed by atoms with E-state index in [1.807, 2.05) is 30.3 Å². The normalized spacial score (nSPS) is 11.7. The zero-order valence-corrected chi connectivity index (χ0v) is 29.4. The second-order valence-corrected chi connectivity index (χ2v) is 13.9. The van der Waals surface area contributed by atoms with Gasteiger partial charge in [-0.05, 0) is 75.5 Å². The van der Waals surface area contributed by atoms with Crippen molar-refractivity contribution in [2.75, 3.05) is 0 Å². The van der Waals surface area contributed by atoms with E-state index in [2.05, 4.69) is 138 Å². The van der Waals surface area contributed by atoms with Gasteiger partial charge in [0.1, 0.15) is 11.4 Å². The van der Waals surface area contributed by atoms with Crippen molar-refractivity contribution in [3.8, 4) is 50.6 Å². The van der Waals surface area contributed by atoms with E-state index in [0.29, 0.717) is 11.5 Å². The Morgan fingerprint density at radius 3 is 1.82 bits per heavy atom. The fraction of sp³-hybridized carbons (Fsp3) is 0. The van der Waals surface area contributed by atoms with Crippen LogP contribution in [-0.4, -0.2) is 14.5 Å². The number of benzene rings is 8. The lowest BCUT2D eigenvalue weighted by Crippen LogP contribution is -1.97. The summed E-state index contributed by atoms with van der Waals surface area (Å²) in [5.41, 5.74) is 11.2. The smallest absolute Gasteiger partial charge is 0.231 e. The first-order valence-corrected chi connectivity index (χ1v) is 18.3. The predicted molar refractivity (Wildman–Crippen MR) is 223 cm³/mol. The summed E-state index contributed by atoms with van der Waals surface area (Å²) in [7, 11) is 0. The lowest BCUT2D eigenvalue weighted by Gasteiger charge is -2.14. The molecule has 4 nitrogen and oxygen atoms in total. The first kappa shape index (κ1) is 31.2. The molecule has 0 aliphatic heterocycles. The Bertz CT molecular complexity index is 3230. The van der Waals surface area contributed by atoms with Gasteiger partial charge in [0.15, 0.2) is 5.82 Å². The van der Waals surface area contributed by atoms with Gasteiger partial charge >= 0.3 is 0 Å². The molecule has 0 unspecified atom stereocenters. The molecule has 0 N–H and O–H groups in total. The van der Waals surface area contributed by atoms with Gasteiger partial charge in [0, 0.05) is 33.0 Å². The third-order valence-corrected chi connectivity index (χ3v) is 10.7. The number of hydrogen-bond donors (Lipinski definition) is 0. The summed E-state index contributed by atoms with van der Waals surface area (Å²) in [6.07, 6.45) is 0. The first-order chi connectivity index (χ1) is 27.2. The molecule has 8 aromatic carbocycles. The minimum absolute atomic E-state index is 0.253. The van der Waals surface area contributed by atoms with E-state index in [1.54, 1.807) is 12.1 Å². The van der Waals surface area contributed by atoms with Gasteiger partial charge in [-0.15, -0.1) is 0 Å². The molecule has 0 amide bonds. The summed E-state index contributed by atoms with van der Waals surface area (Å²) in [5.74, 6) is 0.333. The van der Waals surface area contributed by atoms with Gasteiger partial charge in [0.05, 0.1) is 22.1 Å². The minimum atomic E-state index is -0.253. The lowest BCUT2D eigenvalue weighted by molar-refractivity contribution is 0.628. The monoisotopic (exact) mass is 707 g/mol. The maximum atomic E-state index is 14.4. The Morgan fingerprint density at radius 1 is 0.455 bits per heavy atom. The third kappa shape index (κ3) is 5.05.